The standard InChI is InChI=1S/C8H15NO5/c1-9(2)8(13)7-6(12)5(11)4(10)3-14-7/h4-7,10-12H,3H2,1-2H3/t4-,5+,6+,7+/m1/s1. The lowest BCUT2D eigenvalue weighted by atomic mass is 9.99. The first-order chi connectivity index (χ1) is 6.45. The molecule has 1 amide bonds. The fourth-order valence-electron chi connectivity index (χ4n) is 1.28. The topological polar surface area (TPSA) is 90.2 Å². The van der Waals surface area contributed by atoms with Gasteiger partial charge in [-0.1, -0.05) is 0 Å². The molecule has 0 radical (unpaired) electrons. The molecule has 0 spiro atoms. The van der Waals surface area contributed by atoms with E-state index in [1.807, 2.05) is 0 Å². The molecule has 1 fully saturated rings. The highest BCUT2D eigenvalue weighted by Crippen LogP contribution is 2.16. The average molecular weight is 205 g/mol. The molecule has 6 nitrogen and oxygen atoms in total. The number of likely N-dealkylation sites (N-methyl/N-ethyl adjacent to an activating group) is 1. The van der Waals surface area contributed by atoms with Crippen molar-refractivity contribution in [3.63, 3.8) is 0 Å². The SMILES string of the molecule is CN(C)C(=O)[C@H]1OC[C@@H](O)[C@H](O)[C@@H]1O. The smallest absolute Gasteiger partial charge is 0.254 e. The van der Waals surface area contributed by atoms with E-state index < -0.39 is 30.3 Å². The van der Waals surface area contributed by atoms with Crippen molar-refractivity contribution in [2.45, 2.75) is 24.4 Å². The third-order valence-corrected chi connectivity index (χ3v) is 2.19. The van der Waals surface area contributed by atoms with E-state index in [-0.39, 0.29) is 6.61 Å². The summed E-state index contributed by atoms with van der Waals surface area (Å²) in [5.41, 5.74) is 0. The lowest BCUT2D eigenvalue weighted by Crippen LogP contribution is -2.57. The van der Waals surface area contributed by atoms with Crippen molar-refractivity contribution < 1.29 is 24.9 Å². The molecule has 1 aliphatic rings. The fourth-order valence-corrected chi connectivity index (χ4v) is 1.28. The number of hydrogen-bond donors (Lipinski definition) is 3. The zero-order valence-corrected chi connectivity index (χ0v) is 8.12. The van der Waals surface area contributed by atoms with Crippen LogP contribution in [0.3, 0.4) is 0 Å². The number of rotatable bonds is 1. The van der Waals surface area contributed by atoms with Gasteiger partial charge in [-0.25, -0.2) is 0 Å². The third-order valence-electron chi connectivity index (χ3n) is 2.19. The molecule has 0 aliphatic carbocycles. The minimum absolute atomic E-state index is 0.150. The molecule has 1 saturated heterocycles. The van der Waals surface area contributed by atoms with E-state index in [9.17, 15) is 15.0 Å². The van der Waals surface area contributed by atoms with Crippen LogP contribution in [0.2, 0.25) is 0 Å². The Labute approximate surface area is 81.7 Å². The van der Waals surface area contributed by atoms with Crippen LogP contribution in [-0.4, -0.2) is 71.2 Å². The second-order valence-corrected chi connectivity index (χ2v) is 3.54. The fraction of sp³-hybridized carbons (Fsp3) is 0.875. The number of aliphatic hydroxyl groups excluding tert-OH is 3. The Morgan fingerprint density at radius 3 is 2.36 bits per heavy atom. The molecule has 0 bridgehead atoms. The molecule has 0 aromatic carbocycles. The van der Waals surface area contributed by atoms with Gasteiger partial charge in [0.05, 0.1) is 6.61 Å². The Morgan fingerprint density at radius 1 is 1.29 bits per heavy atom. The van der Waals surface area contributed by atoms with Crippen molar-refractivity contribution in [2.75, 3.05) is 20.7 Å². The first-order valence-corrected chi connectivity index (χ1v) is 4.32. The highest BCUT2D eigenvalue weighted by atomic mass is 16.5. The first-order valence-electron chi connectivity index (χ1n) is 4.32. The second kappa shape index (κ2) is 4.22. The van der Waals surface area contributed by atoms with Crippen molar-refractivity contribution in [3.05, 3.63) is 0 Å². The second-order valence-electron chi connectivity index (χ2n) is 3.54. The lowest BCUT2D eigenvalue weighted by Gasteiger charge is -2.35. The molecule has 6 heteroatoms. The van der Waals surface area contributed by atoms with Crippen molar-refractivity contribution in [1.82, 2.24) is 4.90 Å². The van der Waals surface area contributed by atoms with E-state index in [4.69, 9.17) is 9.84 Å². The first kappa shape index (κ1) is 11.4. The van der Waals surface area contributed by atoms with Crippen LogP contribution in [0.4, 0.5) is 0 Å². The van der Waals surface area contributed by atoms with E-state index in [0.29, 0.717) is 0 Å². The van der Waals surface area contributed by atoms with E-state index in [1.165, 1.54) is 19.0 Å². The highest BCUT2D eigenvalue weighted by Gasteiger charge is 2.41. The molecule has 1 rings (SSSR count). The number of nitrogens with zero attached hydrogens (tertiary/aromatic N) is 1. The van der Waals surface area contributed by atoms with Crippen molar-refractivity contribution in [2.24, 2.45) is 0 Å². The highest BCUT2D eigenvalue weighted by molar-refractivity contribution is 5.81. The number of amides is 1. The summed E-state index contributed by atoms with van der Waals surface area (Å²) in [6.45, 7) is -0.150. The van der Waals surface area contributed by atoms with Crippen LogP contribution in [0.25, 0.3) is 0 Å². The Kier molecular flexibility index (Phi) is 3.43. The van der Waals surface area contributed by atoms with Gasteiger partial charge in [0.25, 0.3) is 5.91 Å². The van der Waals surface area contributed by atoms with Crippen LogP contribution in [0.5, 0.6) is 0 Å². The molecule has 1 aliphatic heterocycles. The third kappa shape index (κ3) is 2.03. The molecule has 0 aromatic rings. The number of carbonyl (C=O) groups is 1. The predicted molar refractivity (Wildman–Crippen MR) is 46.5 cm³/mol. The van der Waals surface area contributed by atoms with Gasteiger partial charge < -0.3 is 25.0 Å². The molecule has 3 N–H and O–H groups in total. The van der Waals surface area contributed by atoms with Gasteiger partial charge in [-0.3, -0.25) is 4.79 Å². The zero-order valence-electron chi connectivity index (χ0n) is 8.12. The van der Waals surface area contributed by atoms with E-state index in [1.54, 1.807) is 0 Å². The summed E-state index contributed by atoms with van der Waals surface area (Å²) in [4.78, 5) is 12.7. The molecular weight excluding hydrogens is 190 g/mol. The molecular formula is C8H15NO5. The van der Waals surface area contributed by atoms with Crippen LogP contribution < -0.4 is 0 Å². The maximum Gasteiger partial charge on any atom is 0.254 e. The summed E-state index contributed by atoms with van der Waals surface area (Å²) in [5, 5.41) is 27.9. The molecule has 1 heterocycles. The lowest BCUT2D eigenvalue weighted by molar-refractivity contribution is -0.196. The van der Waals surface area contributed by atoms with Crippen LogP contribution in [-0.2, 0) is 9.53 Å². The number of hydrogen-bond acceptors (Lipinski definition) is 5. The van der Waals surface area contributed by atoms with Gasteiger partial charge in [0, 0.05) is 14.1 Å². The predicted octanol–water partition coefficient (Wildman–Crippen LogP) is -2.44. The summed E-state index contributed by atoms with van der Waals surface area (Å²) in [7, 11) is 3.05. The number of ether oxygens (including phenoxy) is 1. The summed E-state index contributed by atoms with van der Waals surface area (Å²) in [6.07, 6.45) is -4.95. The van der Waals surface area contributed by atoms with Crippen LogP contribution in [0.15, 0.2) is 0 Å². The van der Waals surface area contributed by atoms with E-state index >= 15 is 0 Å². The number of carbonyl (C=O) groups excluding carboxylic acids is 1. The summed E-state index contributed by atoms with van der Waals surface area (Å²) < 4.78 is 4.94. The Bertz CT molecular complexity index is 220. The maximum absolute atomic E-state index is 11.4. The van der Waals surface area contributed by atoms with Crippen molar-refractivity contribution in [1.29, 1.82) is 0 Å². The monoisotopic (exact) mass is 205 g/mol. The normalized spacial score (nSPS) is 38.1. The average Bonchev–Trinajstić information content (AvgIpc) is 2.13. The molecule has 4 atom stereocenters. The van der Waals surface area contributed by atoms with Crippen molar-refractivity contribution in [3.8, 4) is 0 Å². The minimum atomic E-state index is -1.38. The number of aliphatic hydroxyl groups is 3. The van der Waals surface area contributed by atoms with Crippen LogP contribution in [0.1, 0.15) is 0 Å². The van der Waals surface area contributed by atoms with Gasteiger partial charge in [-0.05, 0) is 0 Å². The van der Waals surface area contributed by atoms with Gasteiger partial charge in [0.15, 0.2) is 6.10 Å². The molecule has 0 aromatic heterocycles. The van der Waals surface area contributed by atoms with Gasteiger partial charge in [-0.2, -0.15) is 0 Å². The van der Waals surface area contributed by atoms with E-state index in [0.717, 1.165) is 0 Å². The zero-order chi connectivity index (χ0) is 10.9. The molecule has 14 heavy (non-hydrogen) atoms. The quantitative estimate of drug-likeness (QED) is 0.442. The van der Waals surface area contributed by atoms with Gasteiger partial charge >= 0.3 is 0 Å². The minimum Gasteiger partial charge on any atom is -0.388 e. The summed E-state index contributed by atoms with van der Waals surface area (Å²) in [5.74, 6) is -0.427. The Balaban J connectivity index is 2.68. The van der Waals surface area contributed by atoms with Gasteiger partial charge in [-0.15, -0.1) is 0 Å². The van der Waals surface area contributed by atoms with Gasteiger partial charge in [0.1, 0.15) is 18.3 Å². The Morgan fingerprint density at radius 2 is 1.86 bits per heavy atom. The summed E-state index contributed by atoms with van der Waals surface area (Å²) in [6, 6.07) is 0. The van der Waals surface area contributed by atoms with Crippen molar-refractivity contribution >= 4 is 5.91 Å². The Hall–Kier alpha value is -0.690. The maximum atomic E-state index is 11.4. The summed E-state index contributed by atoms with van der Waals surface area (Å²) >= 11 is 0. The van der Waals surface area contributed by atoms with E-state index in [2.05, 4.69) is 0 Å². The molecule has 82 valence electrons. The molecule has 0 unspecified atom stereocenters. The van der Waals surface area contributed by atoms with Crippen LogP contribution >= 0.6 is 0 Å². The largest absolute Gasteiger partial charge is 0.388 e. The van der Waals surface area contributed by atoms with Crippen LogP contribution in [0, 0.1) is 0 Å². The van der Waals surface area contributed by atoms with Gasteiger partial charge in [0.2, 0.25) is 0 Å². The molecule has 0 saturated carbocycles.